The Morgan fingerprint density at radius 2 is 1.76 bits per heavy atom. The zero-order valence-electron chi connectivity index (χ0n) is 11.5. The third-order valence-electron chi connectivity index (χ3n) is 4.15. The summed E-state index contributed by atoms with van der Waals surface area (Å²) in [6.07, 6.45) is 2.15. The monoisotopic (exact) mass is 295 g/mol. The first-order valence-electron chi connectivity index (χ1n) is 7.17. The van der Waals surface area contributed by atoms with E-state index in [1.54, 1.807) is 0 Å². The minimum Gasteiger partial charge on any atom is -0.331 e. The number of halogens is 1. The van der Waals surface area contributed by atoms with Crippen LogP contribution in [0.3, 0.4) is 0 Å². The van der Waals surface area contributed by atoms with Gasteiger partial charge in [0.15, 0.2) is 6.04 Å². The molecule has 0 saturated heterocycles. The van der Waals surface area contributed by atoms with E-state index in [0.29, 0.717) is 6.04 Å². The lowest BCUT2D eigenvalue weighted by Gasteiger charge is -2.15. The van der Waals surface area contributed by atoms with Crippen LogP contribution >= 0.6 is 11.6 Å². The van der Waals surface area contributed by atoms with E-state index in [1.807, 2.05) is 12.1 Å². The van der Waals surface area contributed by atoms with Gasteiger partial charge in [-0.3, -0.25) is 0 Å². The number of nitrogens with zero attached hydrogens (tertiary/aromatic N) is 1. The molecule has 0 unspecified atom stereocenters. The summed E-state index contributed by atoms with van der Waals surface area (Å²) in [7, 11) is 0. The van der Waals surface area contributed by atoms with E-state index in [9.17, 15) is 0 Å². The lowest BCUT2D eigenvalue weighted by Crippen LogP contribution is -2.83. The topological polar surface area (TPSA) is 21.5 Å². The van der Waals surface area contributed by atoms with E-state index in [2.05, 4.69) is 64.6 Å². The van der Waals surface area contributed by atoms with Crippen molar-refractivity contribution >= 4 is 11.6 Å². The van der Waals surface area contributed by atoms with Crippen molar-refractivity contribution in [3.63, 3.8) is 0 Å². The molecule has 2 aromatic carbocycles. The van der Waals surface area contributed by atoms with Gasteiger partial charge in [0.1, 0.15) is 6.54 Å². The fourth-order valence-electron chi connectivity index (χ4n) is 3.13. The molecule has 0 spiro atoms. The molecule has 1 aromatic heterocycles. The molecule has 21 heavy (non-hydrogen) atoms. The second-order valence-corrected chi connectivity index (χ2v) is 5.84. The van der Waals surface area contributed by atoms with E-state index in [-0.39, 0.29) is 0 Å². The molecular weight excluding hydrogens is 280 g/mol. The zero-order valence-corrected chi connectivity index (χ0v) is 12.3. The molecule has 2 nitrogen and oxygen atoms in total. The van der Waals surface area contributed by atoms with Crippen LogP contribution in [0, 0.1) is 0 Å². The molecule has 1 atom stereocenters. The number of rotatable bonds is 1. The van der Waals surface area contributed by atoms with Gasteiger partial charge in [-0.1, -0.05) is 41.9 Å². The number of hydrogen-bond acceptors (Lipinski definition) is 0. The Balaban J connectivity index is 1.85. The van der Waals surface area contributed by atoms with E-state index in [1.165, 1.54) is 22.5 Å². The summed E-state index contributed by atoms with van der Waals surface area (Å²) in [5.74, 6) is 0. The van der Waals surface area contributed by atoms with Crippen LogP contribution in [0.4, 0.5) is 0 Å². The summed E-state index contributed by atoms with van der Waals surface area (Å²) in [5, 5.41) is 3.17. The molecule has 0 saturated carbocycles. The predicted octanol–water partition coefficient (Wildman–Crippen LogP) is 3.30. The van der Waals surface area contributed by atoms with Crippen molar-refractivity contribution in [2.75, 3.05) is 0 Å². The Bertz CT molecular complexity index is 774. The molecule has 0 bridgehead atoms. The standard InChI is InChI=1S/C18H15ClN2/c19-15-9-7-13(8-10-15)18-17-6-3-11-21(17)16-5-2-1-4-14(16)12-20-18/h1-11,18,20H,12H2/p+1/t18-/m1/s1. The smallest absolute Gasteiger partial charge is 0.153 e. The summed E-state index contributed by atoms with van der Waals surface area (Å²) in [4.78, 5) is 0. The minimum atomic E-state index is 0.296. The summed E-state index contributed by atoms with van der Waals surface area (Å²) in [6, 6.07) is 21.4. The number of benzene rings is 2. The highest BCUT2D eigenvalue weighted by atomic mass is 35.5. The number of aromatic nitrogens is 1. The second-order valence-electron chi connectivity index (χ2n) is 5.40. The summed E-state index contributed by atoms with van der Waals surface area (Å²) >= 11 is 6.02. The van der Waals surface area contributed by atoms with Crippen LogP contribution in [0.5, 0.6) is 0 Å². The Kier molecular flexibility index (Phi) is 3.06. The molecule has 2 heterocycles. The van der Waals surface area contributed by atoms with Crippen molar-refractivity contribution < 1.29 is 5.32 Å². The van der Waals surface area contributed by atoms with E-state index in [0.717, 1.165) is 11.6 Å². The third-order valence-corrected chi connectivity index (χ3v) is 4.40. The predicted molar refractivity (Wildman–Crippen MR) is 84.7 cm³/mol. The normalized spacial score (nSPS) is 16.9. The minimum absolute atomic E-state index is 0.296. The van der Waals surface area contributed by atoms with Gasteiger partial charge in [0.05, 0.1) is 11.4 Å². The van der Waals surface area contributed by atoms with Gasteiger partial charge in [0, 0.05) is 22.3 Å². The molecule has 3 heteroatoms. The van der Waals surface area contributed by atoms with Gasteiger partial charge in [-0.05, 0) is 30.3 Å². The second kappa shape index (κ2) is 5.06. The fourth-order valence-corrected chi connectivity index (χ4v) is 3.25. The zero-order chi connectivity index (χ0) is 14.2. The van der Waals surface area contributed by atoms with Crippen molar-refractivity contribution in [1.82, 2.24) is 4.57 Å². The molecule has 4 rings (SSSR count). The third kappa shape index (κ3) is 2.17. The Hall–Kier alpha value is -2.03. The molecule has 2 N–H and O–H groups in total. The molecule has 0 fully saturated rings. The van der Waals surface area contributed by atoms with Crippen molar-refractivity contribution in [2.45, 2.75) is 12.6 Å². The van der Waals surface area contributed by atoms with E-state index >= 15 is 0 Å². The van der Waals surface area contributed by atoms with Gasteiger partial charge in [-0.2, -0.15) is 0 Å². The molecule has 1 aliphatic rings. The number of hydrogen-bond donors (Lipinski definition) is 1. The first-order chi connectivity index (χ1) is 10.3. The van der Waals surface area contributed by atoms with Crippen LogP contribution in [0.1, 0.15) is 22.9 Å². The van der Waals surface area contributed by atoms with Gasteiger partial charge >= 0.3 is 0 Å². The Labute approximate surface area is 129 Å². The summed E-state index contributed by atoms with van der Waals surface area (Å²) in [6.45, 7) is 0.977. The maximum Gasteiger partial charge on any atom is 0.153 e. The van der Waals surface area contributed by atoms with Crippen LogP contribution < -0.4 is 5.32 Å². The number of fused-ring (bicyclic) bond motifs is 3. The molecule has 0 aliphatic carbocycles. The average molecular weight is 296 g/mol. The first-order valence-corrected chi connectivity index (χ1v) is 7.55. The van der Waals surface area contributed by atoms with Crippen LogP contribution in [0.25, 0.3) is 5.69 Å². The van der Waals surface area contributed by atoms with Gasteiger partial charge in [-0.15, -0.1) is 0 Å². The van der Waals surface area contributed by atoms with Crippen molar-refractivity contribution in [3.8, 4) is 5.69 Å². The van der Waals surface area contributed by atoms with Gasteiger partial charge in [0.2, 0.25) is 0 Å². The number of nitrogens with two attached hydrogens (primary N) is 1. The summed E-state index contributed by atoms with van der Waals surface area (Å²) < 4.78 is 2.30. The molecule has 0 amide bonds. The van der Waals surface area contributed by atoms with E-state index in [4.69, 9.17) is 11.6 Å². The maximum atomic E-state index is 6.02. The molecule has 1 aliphatic heterocycles. The molecule has 0 radical (unpaired) electrons. The number of para-hydroxylation sites is 1. The van der Waals surface area contributed by atoms with Crippen LogP contribution in [0.15, 0.2) is 66.9 Å². The van der Waals surface area contributed by atoms with E-state index < -0.39 is 0 Å². The highest BCUT2D eigenvalue weighted by Gasteiger charge is 2.25. The van der Waals surface area contributed by atoms with Crippen molar-refractivity contribution in [3.05, 3.63) is 88.7 Å². The molecule has 3 aromatic rings. The lowest BCUT2D eigenvalue weighted by atomic mass is 10.0. The maximum absolute atomic E-state index is 6.02. The fraction of sp³-hybridized carbons (Fsp3) is 0.111. The van der Waals surface area contributed by atoms with Crippen LogP contribution in [0.2, 0.25) is 5.02 Å². The van der Waals surface area contributed by atoms with Gasteiger partial charge < -0.3 is 9.88 Å². The highest BCUT2D eigenvalue weighted by Crippen LogP contribution is 2.27. The highest BCUT2D eigenvalue weighted by molar-refractivity contribution is 6.30. The van der Waals surface area contributed by atoms with Crippen LogP contribution in [-0.2, 0) is 6.54 Å². The molecular formula is C18H16ClN2+. The summed E-state index contributed by atoms with van der Waals surface area (Å²) in [5.41, 5.74) is 5.24. The van der Waals surface area contributed by atoms with Crippen LogP contribution in [-0.4, -0.2) is 4.57 Å². The quantitative estimate of drug-likeness (QED) is 0.711. The van der Waals surface area contributed by atoms with Gasteiger partial charge in [0.25, 0.3) is 0 Å². The average Bonchev–Trinajstić information content (AvgIpc) is 2.93. The molecule has 104 valence electrons. The largest absolute Gasteiger partial charge is 0.331 e. The first kappa shape index (κ1) is 12.7. The number of quaternary nitrogens is 1. The lowest BCUT2D eigenvalue weighted by molar-refractivity contribution is -0.702. The van der Waals surface area contributed by atoms with Gasteiger partial charge in [-0.25, -0.2) is 0 Å². The Morgan fingerprint density at radius 3 is 2.62 bits per heavy atom. The Morgan fingerprint density at radius 1 is 0.952 bits per heavy atom. The van der Waals surface area contributed by atoms with Crippen molar-refractivity contribution in [2.24, 2.45) is 0 Å². The SMILES string of the molecule is Clc1ccc([C@H]2[NH2+]Cc3ccccc3-n3cccc32)cc1. The van der Waals surface area contributed by atoms with Crippen molar-refractivity contribution in [1.29, 1.82) is 0 Å².